The highest BCUT2D eigenvalue weighted by Crippen LogP contribution is 2.18. The molecule has 4 nitrogen and oxygen atoms in total. The van der Waals surface area contributed by atoms with E-state index < -0.39 is 5.97 Å². The quantitative estimate of drug-likeness (QED) is 0.733. The van der Waals surface area contributed by atoms with Crippen LogP contribution in [0.15, 0.2) is 0 Å². The molecule has 1 heterocycles. The van der Waals surface area contributed by atoms with Gasteiger partial charge >= 0.3 is 5.97 Å². The Morgan fingerprint density at radius 2 is 2.20 bits per heavy atom. The van der Waals surface area contributed by atoms with Gasteiger partial charge in [0.15, 0.2) is 0 Å². The van der Waals surface area contributed by atoms with Crippen LogP contribution in [0.25, 0.3) is 0 Å². The van der Waals surface area contributed by atoms with E-state index in [4.69, 9.17) is 10.2 Å². The van der Waals surface area contributed by atoms with E-state index >= 15 is 0 Å². The Morgan fingerprint density at radius 1 is 1.47 bits per heavy atom. The Kier molecular flexibility index (Phi) is 5.05. The zero-order valence-electron chi connectivity index (χ0n) is 9.35. The van der Waals surface area contributed by atoms with Crippen LogP contribution in [0.3, 0.4) is 0 Å². The molecule has 88 valence electrons. The molecule has 0 spiro atoms. The molecule has 0 bridgehead atoms. The van der Waals surface area contributed by atoms with Crippen molar-refractivity contribution in [2.75, 3.05) is 19.7 Å². The molecule has 0 radical (unpaired) electrons. The highest BCUT2D eigenvalue weighted by atomic mass is 16.4. The minimum absolute atomic E-state index is 0.128. The topological polar surface area (TPSA) is 60.8 Å². The molecule has 0 aliphatic carbocycles. The van der Waals surface area contributed by atoms with Gasteiger partial charge < -0.3 is 10.2 Å². The van der Waals surface area contributed by atoms with Gasteiger partial charge in [-0.15, -0.1) is 0 Å². The lowest BCUT2D eigenvalue weighted by atomic mass is 10.1. The molecule has 1 fully saturated rings. The summed E-state index contributed by atoms with van der Waals surface area (Å²) in [6.45, 7) is 3.61. The monoisotopic (exact) mass is 215 g/mol. The van der Waals surface area contributed by atoms with Gasteiger partial charge in [0.2, 0.25) is 0 Å². The van der Waals surface area contributed by atoms with Gasteiger partial charge in [0.1, 0.15) is 6.04 Å². The number of hydrogen-bond acceptors (Lipinski definition) is 3. The number of aliphatic hydroxyl groups is 1. The van der Waals surface area contributed by atoms with Crippen molar-refractivity contribution in [3.8, 4) is 0 Å². The average molecular weight is 215 g/mol. The van der Waals surface area contributed by atoms with E-state index in [1.165, 1.54) is 0 Å². The van der Waals surface area contributed by atoms with Gasteiger partial charge in [-0.05, 0) is 25.3 Å². The van der Waals surface area contributed by atoms with Crippen LogP contribution in [0.4, 0.5) is 0 Å². The number of aliphatic carboxylic acids is 1. The summed E-state index contributed by atoms with van der Waals surface area (Å²) in [4.78, 5) is 13.1. The van der Waals surface area contributed by atoms with Crippen molar-refractivity contribution in [1.82, 2.24) is 4.90 Å². The van der Waals surface area contributed by atoms with Crippen LogP contribution in [-0.2, 0) is 4.79 Å². The van der Waals surface area contributed by atoms with Crippen molar-refractivity contribution in [2.24, 2.45) is 5.92 Å². The molecule has 1 aliphatic rings. The van der Waals surface area contributed by atoms with Gasteiger partial charge in [0.05, 0.1) is 0 Å². The number of rotatable bonds is 4. The van der Waals surface area contributed by atoms with Crippen LogP contribution in [0.1, 0.15) is 32.6 Å². The molecule has 4 heteroatoms. The maximum absolute atomic E-state index is 11.1. The molecule has 1 rings (SSSR count). The first-order valence-electron chi connectivity index (χ1n) is 5.73. The zero-order valence-corrected chi connectivity index (χ0v) is 9.35. The lowest BCUT2D eigenvalue weighted by Gasteiger charge is -2.28. The number of likely N-dealkylation sites (tertiary alicyclic amines) is 1. The smallest absolute Gasteiger partial charge is 0.320 e. The molecular formula is C11H21NO3. The van der Waals surface area contributed by atoms with Crippen LogP contribution in [0.2, 0.25) is 0 Å². The number of carboxylic acids is 1. The van der Waals surface area contributed by atoms with E-state index in [1.807, 2.05) is 11.8 Å². The zero-order chi connectivity index (χ0) is 11.3. The van der Waals surface area contributed by atoms with Crippen LogP contribution < -0.4 is 0 Å². The van der Waals surface area contributed by atoms with E-state index in [-0.39, 0.29) is 18.6 Å². The normalized spacial score (nSPS) is 25.9. The Hall–Kier alpha value is -0.610. The fourth-order valence-corrected chi connectivity index (χ4v) is 2.12. The number of carboxylic acid groups (broad SMARTS) is 1. The van der Waals surface area contributed by atoms with Crippen LogP contribution in [-0.4, -0.2) is 46.8 Å². The summed E-state index contributed by atoms with van der Waals surface area (Å²) >= 11 is 0. The minimum atomic E-state index is -0.720. The van der Waals surface area contributed by atoms with E-state index in [0.29, 0.717) is 6.54 Å². The van der Waals surface area contributed by atoms with Crippen molar-refractivity contribution in [3.05, 3.63) is 0 Å². The minimum Gasteiger partial charge on any atom is -0.480 e. The second-order valence-corrected chi connectivity index (χ2v) is 4.49. The molecule has 2 atom stereocenters. The maximum Gasteiger partial charge on any atom is 0.320 e. The summed E-state index contributed by atoms with van der Waals surface area (Å²) in [5.41, 5.74) is 0. The van der Waals surface area contributed by atoms with E-state index in [0.717, 1.165) is 32.2 Å². The molecule has 0 aromatic rings. The summed E-state index contributed by atoms with van der Waals surface area (Å²) in [6.07, 6.45) is 3.93. The van der Waals surface area contributed by atoms with E-state index in [1.54, 1.807) is 0 Å². The molecular weight excluding hydrogens is 194 g/mol. The van der Waals surface area contributed by atoms with Gasteiger partial charge in [-0.25, -0.2) is 0 Å². The largest absolute Gasteiger partial charge is 0.480 e. The Bertz CT molecular complexity index is 208. The first kappa shape index (κ1) is 12.5. The third-order valence-electron chi connectivity index (χ3n) is 3.01. The third kappa shape index (κ3) is 3.80. The predicted octanol–water partition coefficient (Wildman–Crippen LogP) is 0.944. The lowest BCUT2D eigenvalue weighted by molar-refractivity contribution is -0.143. The van der Waals surface area contributed by atoms with Gasteiger partial charge in [-0.2, -0.15) is 0 Å². The summed E-state index contributed by atoms with van der Waals surface area (Å²) in [5, 5.41) is 18.1. The molecule has 0 saturated carbocycles. The highest BCUT2D eigenvalue weighted by molar-refractivity contribution is 5.73. The molecule has 0 amide bonds. The Morgan fingerprint density at radius 3 is 2.80 bits per heavy atom. The number of carbonyl (C=O) groups is 1. The van der Waals surface area contributed by atoms with E-state index in [9.17, 15) is 4.79 Å². The van der Waals surface area contributed by atoms with Crippen molar-refractivity contribution in [2.45, 2.75) is 38.6 Å². The van der Waals surface area contributed by atoms with Crippen LogP contribution >= 0.6 is 0 Å². The van der Waals surface area contributed by atoms with E-state index in [2.05, 4.69) is 0 Å². The third-order valence-corrected chi connectivity index (χ3v) is 3.01. The van der Waals surface area contributed by atoms with Gasteiger partial charge in [0, 0.05) is 13.2 Å². The second kappa shape index (κ2) is 6.08. The summed E-state index contributed by atoms with van der Waals surface area (Å²) < 4.78 is 0. The molecule has 2 unspecified atom stereocenters. The number of aliphatic hydroxyl groups excluding tert-OH is 1. The Labute approximate surface area is 90.9 Å². The second-order valence-electron chi connectivity index (χ2n) is 4.49. The van der Waals surface area contributed by atoms with Crippen LogP contribution in [0, 0.1) is 5.92 Å². The first-order chi connectivity index (χ1) is 7.15. The molecule has 0 aromatic carbocycles. The van der Waals surface area contributed by atoms with Crippen molar-refractivity contribution in [3.63, 3.8) is 0 Å². The van der Waals surface area contributed by atoms with Crippen LogP contribution in [0.5, 0.6) is 0 Å². The molecule has 15 heavy (non-hydrogen) atoms. The summed E-state index contributed by atoms with van der Waals surface area (Å²) in [5.74, 6) is -0.563. The number of hydrogen-bond donors (Lipinski definition) is 2. The standard InChI is InChI=1S/C11H21NO3/c1-9(8-13)7-12-6-4-2-3-5-10(12)11(14)15/h9-10,13H,2-8H2,1H3,(H,14,15). The summed E-state index contributed by atoms with van der Waals surface area (Å²) in [6, 6.07) is -0.346. The van der Waals surface area contributed by atoms with Crippen molar-refractivity contribution < 1.29 is 15.0 Å². The van der Waals surface area contributed by atoms with Gasteiger partial charge in [-0.1, -0.05) is 19.8 Å². The number of nitrogens with zero attached hydrogens (tertiary/aromatic N) is 1. The fraction of sp³-hybridized carbons (Fsp3) is 0.909. The fourth-order valence-electron chi connectivity index (χ4n) is 2.12. The van der Waals surface area contributed by atoms with Crippen molar-refractivity contribution in [1.29, 1.82) is 0 Å². The lowest BCUT2D eigenvalue weighted by Crippen LogP contribution is -2.43. The Balaban J connectivity index is 2.57. The van der Waals surface area contributed by atoms with Gasteiger partial charge in [0.25, 0.3) is 0 Å². The SMILES string of the molecule is CC(CO)CN1CCCCCC1C(=O)O. The predicted molar refractivity (Wildman–Crippen MR) is 57.7 cm³/mol. The molecule has 0 aromatic heterocycles. The molecule has 1 aliphatic heterocycles. The highest BCUT2D eigenvalue weighted by Gasteiger charge is 2.27. The maximum atomic E-state index is 11.1. The van der Waals surface area contributed by atoms with Crippen molar-refractivity contribution >= 4 is 5.97 Å². The molecule has 2 N–H and O–H groups in total. The summed E-state index contributed by atoms with van der Waals surface area (Å²) in [7, 11) is 0. The molecule has 1 saturated heterocycles. The first-order valence-corrected chi connectivity index (χ1v) is 5.73. The van der Waals surface area contributed by atoms with Gasteiger partial charge in [-0.3, -0.25) is 9.69 Å². The average Bonchev–Trinajstić information content (AvgIpc) is 2.43.